The van der Waals surface area contributed by atoms with Crippen molar-refractivity contribution >= 4 is 5.78 Å². The molecule has 0 N–H and O–H groups in total. The summed E-state index contributed by atoms with van der Waals surface area (Å²) in [5, 5.41) is 0. The van der Waals surface area contributed by atoms with E-state index in [2.05, 4.69) is 4.90 Å². The molecule has 0 amide bonds. The highest BCUT2D eigenvalue weighted by Crippen LogP contribution is 2.33. The summed E-state index contributed by atoms with van der Waals surface area (Å²) < 4.78 is 5.54. The first-order chi connectivity index (χ1) is 6.70. The zero-order chi connectivity index (χ0) is 10.7. The van der Waals surface area contributed by atoms with Crippen molar-refractivity contribution in [3.8, 4) is 0 Å². The number of rotatable bonds is 1. The van der Waals surface area contributed by atoms with Crippen molar-refractivity contribution in [1.82, 2.24) is 4.90 Å². The normalized spacial score (nSPS) is 36.1. The summed E-state index contributed by atoms with van der Waals surface area (Å²) in [5.41, 5.74) is 0. The second kappa shape index (κ2) is 4.89. The van der Waals surface area contributed by atoms with E-state index in [1.807, 2.05) is 20.9 Å². The molecule has 3 aliphatic heterocycles. The van der Waals surface area contributed by atoms with E-state index in [0.29, 0.717) is 5.92 Å². The van der Waals surface area contributed by atoms with Crippen LogP contribution in [-0.2, 0) is 9.53 Å². The van der Waals surface area contributed by atoms with Crippen molar-refractivity contribution in [2.24, 2.45) is 5.92 Å². The second-order valence-corrected chi connectivity index (χ2v) is 3.85. The number of hydrogen-bond donors (Lipinski definition) is 0. The lowest BCUT2D eigenvalue weighted by atomic mass is 9.85. The Balaban J connectivity index is 0.000000461. The van der Waals surface area contributed by atoms with Gasteiger partial charge in [-0.25, -0.2) is 0 Å². The van der Waals surface area contributed by atoms with E-state index in [1.165, 1.54) is 0 Å². The van der Waals surface area contributed by atoms with Crippen molar-refractivity contribution in [3.63, 3.8) is 0 Å². The molecule has 3 nitrogen and oxygen atoms in total. The lowest BCUT2D eigenvalue weighted by Crippen LogP contribution is -2.58. The van der Waals surface area contributed by atoms with Gasteiger partial charge in [0.25, 0.3) is 0 Å². The Hall–Kier alpha value is -0.410. The van der Waals surface area contributed by atoms with Crippen molar-refractivity contribution < 1.29 is 9.53 Å². The van der Waals surface area contributed by atoms with Gasteiger partial charge in [-0.15, -0.1) is 0 Å². The van der Waals surface area contributed by atoms with Gasteiger partial charge in [0, 0.05) is 5.92 Å². The SMILES string of the molecule is CC.CC(=O)C1C2CCC(OC2)N1C. The van der Waals surface area contributed by atoms with Crippen molar-refractivity contribution in [2.45, 2.75) is 45.9 Å². The summed E-state index contributed by atoms with van der Waals surface area (Å²) in [6, 6.07) is 0.123. The van der Waals surface area contributed by atoms with Crippen molar-refractivity contribution in [3.05, 3.63) is 0 Å². The van der Waals surface area contributed by atoms with E-state index in [0.717, 1.165) is 19.4 Å². The van der Waals surface area contributed by atoms with E-state index < -0.39 is 0 Å². The number of carbonyl (C=O) groups is 1. The summed E-state index contributed by atoms with van der Waals surface area (Å²) >= 11 is 0. The fraction of sp³-hybridized carbons (Fsp3) is 0.909. The van der Waals surface area contributed by atoms with Crippen LogP contribution in [0.5, 0.6) is 0 Å². The van der Waals surface area contributed by atoms with Gasteiger partial charge in [-0.1, -0.05) is 13.8 Å². The van der Waals surface area contributed by atoms with Crippen LogP contribution < -0.4 is 0 Å². The Morgan fingerprint density at radius 2 is 2.00 bits per heavy atom. The number of likely N-dealkylation sites (N-methyl/N-ethyl adjacent to an activating group) is 1. The molecule has 3 saturated heterocycles. The summed E-state index contributed by atoms with van der Waals surface area (Å²) in [6.07, 6.45) is 2.44. The molecular formula is C11H21NO2. The Labute approximate surface area is 86.4 Å². The van der Waals surface area contributed by atoms with Gasteiger partial charge in [0.05, 0.1) is 12.6 Å². The van der Waals surface area contributed by atoms with Crippen LogP contribution in [-0.4, -0.2) is 36.6 Å². The predicted molar refractivity (Wildman–Crippen MR) is 56.0 cm³/mol. The van der Waals surface area contributed by atoms with Gasteiger partial charge in [-0.3, -0.25) is 9.69 Å². The Kier molecular flexibility index (Phi) is 4.08. The van der Waals surface area contributed by atoms with Gasteiger partial charge in [-0.05, 0) is 26.8 Å². The summed E-state index contributed by atoms with van der Waals surface area (Å²) in [5.74, 6) is 0.730. The molecule has 0 saturated carbocycles. The third-order valence-electron chi connectivity index (χ3n) is 3.04. The van der Waals surface area contributed by atoms with Crippen molar-refractivity contribution in [2.75, 3.05) is 13.7 Å². The Morgan fingerprint density at radius 3 is 2.29 bits per heavy atom. The molecule has 2 bridgehead atoms. The smallest absolute Gasteiger partial charge is 0.147 e. The molecule has 0 radical (unpaired) electrons. The minimum absolute atomic E-state index is 0.123. The van der Waals surface area contributed by atoms with Crippen LogP contribution in [0.25, 0.3) is 0 Å². The maximum absolute atomic E-state index is 11.3. The van der Waals surface area contributed by atoms with Gasteiger partial charge < -0.3 is 4.74 Å². The average Bonchev–Trinajstić information content (AvgIpc) is 2.21. The minimum atomic E-state index is 0.123. The quantitative estimate of drug-likeness (QED) is 0.643. The van der Waals surface area contributed by atoms with E-state index >= 15 is 0 Å². The number of nitrogens with zero attached hydrogens (tertiary/aromatic N) is 1. The standard InChI is InChI=1S/C9H15NO2.C2H6/c1-6(11)9-7-3-4-8(10(9)2)12-5-7;1-2/h7-9H,3-5H2,1-2H3;1-2H3. The monoisotopic (exact) mass is 199 g/mol. The van der Waals surface area contributed by atoms with Gasteiger partial charge in [0.2, 0.25) is 0 Å². The molecule has 3 aliphatic rings. The highest BCUT2D eigenvalue weighted by atomic mass is 16.5. The van der Waals surface area contributed by atoms with Crippen LogP contribution in [0.3, 0.4) is 0 Å². The summed E-state index contributed by atoms with van der Waals surface area (Å²) in [4.78, 5) is 13.4. The molecule has 14 heavy (non-hydrogen) atoms. The predicted octanol–water partition coefficient (Wildman–Crippen LogP) is 1.67. The van der Waals surface area contributed by atoms with Crippen LogP contribution in [0.4, 0.5) is 0 Å². The number of ether oxygens (including phenoxy) is 1. The Bertz CT molecular complexity index is 195. The summed E-state index contributed by atoms with van der Waals surface area (Å²) in [7, 11) is 1.99. The molecule has 3 heteroatoms. The molecule has 3 atom stereocenters. The zero-order valence-corrected chi connectivity index (χ0v) is 9.62. The first-order valence-electron chi connectivity index (χ1n) is 5.54. The molecule has 0 aromatic heterocycles. The topological polar surface area (TPSA) is 29.5 Å². The number of Topliss-reactive ketones (excluding diaryl/α,β-unsaturated/α-hetero) is 1. The molecule has 0 aromatic rings. The molecule has 82 valence electrons. The molecule has 0 spiro atoms. The van der Waals surface area contributed by atoms with Gasteiger partial charge in [-0.2, -0.15) is 0 Å². The zero-order valence-electron chi connectivity index (χ0n) is 9.62. The third kappa shape index (κ3) is 1.98. The number of piperidine rings is 1. The fourth-order valence-corrected chi connectivity index (χ4v) is 2.46. The highest BCUT2D eigenvalue weighted by molar-refractivity contribution is 5.82. The third-order valence-corrected chi connectivity index (χ3v) is 3.04. The molecule has 3 heterocycles. The van der Waals surface area contributed by atoms with Crippen LogP contribution >= 0.6 is 0 Å². The lowest BCUT2D eigenvalue weighted by molar-refractivity contribution is -0.182. The first-order valence-corrected chi connectivity index (χ1v) is 5.54. The number of hydrogen-bond acceptors (Lipinski definition) is 3. The largest absolute Gasteiger partial charge is 0.363 e. The molecule has 0 aliphatic carbocycles. The molecule has 3 unspecified atom stereocenters. The average molecular weight is 199 g/mol. The second-order valence-electron chi connectivity index (χ2n) is 3.85. The van der Waals surface area contributed by atoms with Gasteiger partial charge >= 0.3 is 0 Å². The molecule has 3 fully saturated rings. The Morgan fingerprint density at radius 1 is 1.36 bits per heavy atom. The van der Waals surface area contributed by atoms with Crippen LogP contribution in [0, 0.1) is 5.92 Å². The van der Waals surface area contributed by atoms with E-state index in [-0.39, 0.29) is 18.1 Å². The van der Waals surface area contributed by atoms with Crippen LogP contribution in [0.2, 0.25) is 0 Å². The van der Waals surface area contributed by atoms with Gasteiger partial charge in [0.1, 0.15) is 12.0 Å². The van der Waals surface area contributed by atoms with Gasteiger partial charge in [0.15, 0.2) is 0 Å². The van der Waals surface area contributed by atoms with Crippen LogP contribution in [0.15, 0.2) is 0 Å². The van der Waals surface area contributed by atoms with E-state index in [1.54, 1.807) is 6.92 Å². The van der Waals surface area contributed by atoms with E-state index in [4.69, 9.17) is 4.74 Å². The molecule has 3 rings (SSSR count). The summed E-state index contributed by atoms with van der Waals surface area (Å²) in [6.45, 7) is 6.46. The van der Waals surface area contributed by atoms with Crippen molar-refractivity contribution in [1.29, 1.82) is 0 Å². The maximum Gasteiger partial charge on any atom is 0.147 e. The van der Waals surface area contributed by atoms with Crippen LogP contribution in [0.1, 0.15) is 33.6 Å². The highest BCUT2D eigenvalue weighted by Gasteiger charge is 2.42. The molecular weight excluding hydrogens is 178 g/mol. The number of carbonyl (C=O) groups excluding carboxylic acids is 1. The first kappa shape index (κ1) is 11.7. The lowest BCUT2D eigenvalue weighted by Gasteiger charge is -2.48. The number of fused-ring (bicyclic) bond motifs is 3. The minimum Gasteiger partial charge on any atom is -0.363 e. The molecule has 0 aromatic carbocycles. The number of ketones is 1. The van der Waals surface area contributed by atoms with E-state index in [9.17, 15) is 4.79 Å². The maximum atomic E-state index is 11.3. The fourth-order valence-electron chi connectivity index (χ4n) is 2.46.